The van der Waals surface area contributed by atoms with Crippen LogP contribution in [0.1, 0.15) is 17.7 Å². The molecule has 4 aromatic heterocycles. The van der Waals surface area contributed by atoms with Crippen molar-refractivity contribution in [2.24, 2.45) is 0 Å². The number of nitrogens with zero attached hydrogens (tertiary/aromatic N) is 5. The van der Waals surface area contributed by atoms with E-state index in [1.54, 1.807) is 0 Å². The van der Waals surface area contributed by atoms with E-state index in [1.807, 2.05) is 42.6 Å². The van der Waals surface area contributed by atoms with Crippen molar-refractivity contribution in [1.82, 2.24) is 24.1 Å². The van der Waals surface area contributed by atoms with Gasteiger partial charge in [0.1, 0.15) is 0 Å². The minimum absolute atomic E-state index is 0.666. The molecule has 9 aromatic rings. The van der Waals surface area contributed by atoms with Gasteiger partial charge in [0.15, 0.2) is 5.82 Å². The Kier molecular flexibility index (Phi) is 6.56. The van der Waals surface area contributed by atoms with E-state index in [1.165, 1.54) is 32.9 Å². The summed E-state index contributed by atoms with van der Waals surface area (Å²) in [4.78, 5) is 15.0. The molecule has 0 bridgehead atoms. The van der Waals surface area contributed by atoms with Gasteiger partial charge in [0, 0.05) is 50.6 Å². The summed E-state index contributed by atoms with van der Waals surface area (Å²) in [6, 6.07) is 51.3. The Bertz CT molecular complexity index is 2640. The Balaban J connectivity index is 1.30. The molecular weight excluding hydrogens is 611 g/mol. The van der Waals surface area contributed by atoms with Gasteiger partial charge in [0.05, 0.1) is 33.6 Å². The zero-order valence-electron chi connectivity index (χ0n) is 27.2. The number of aromatic nitrogens is 5. The average Bonchev–Trinajstić information content (AvgIpc) is 3.71. The summed E-state index contributed by atoms with van der Waals surface area (Å²) < 4.78 is 4.82. The van der Waals surface area contributed by atoms with Gasteiger partial charge in [-0.2, -0.15) is 0 Å². The van der Waals surface area contributed by atoms with Gasteiger partial charge in [-0.25, -0.2) is 9.97 Å². The van der Waals surface area contributed by atoms with Gasteiger partial charge in [0.25, 0.3) is 0 Å². The lowest BCUT2D eigenvalue weighted by molar-refractivity contribution is 0.966. The van der Waals surface area contributed by atoms with Crippen LogP contribution in [0.2, 0.25) is 0 Å². The van der Waals surface area contributed by atoms with E-state index in [-0.39, 0.29) is 0 Å². The van der Waals surface area contributed by atoms with Gasteiger partial charge >= 0.3 is 0 Å². The lowest BCUT2D eigenvalue weighted by Crippen LogP contribution is -2.04. The minimum atomic E-state index is 0.666. The minimum Gasteiger partial charge on any atom is -0.309 e. The van der Waals surface area contributed by atoms with Gasteiger partial charge in [-0.05, 0) is 79.1 Å². The fourth-order valence-corrected chi connectivity index (χ4v) is 7.62. The van der Waals surface area contributed by atoms with Crippen molar-refractivity contribution >= 4 is 38.8 Å². The van der Waals surface area contributed by atoms with Gasteiger partial charge in [-0.1, -0.05) is 97.1 Å². The van der Waals surface area contributed by atoms with Gasteiger partial charge in [-0.3, -0.25) is 4.98 Å². The molecule has 0 unspecified atom stereocenters. The van der Waals surface area contributed by atoms with E-state index >= 15 is 0 Å². The molecule has 0 aliphatic heterocycles. The van der Waals surface area contributed by atoms with Crippen molar-refractivity contribution < 1.29 is 0 Å². The fourth-order valence-electron chi connectivity index (χ4n) is 7.62. The first kappa shape index (κ1) is 28.4. The number of pyridine rings is 1. The molecule has 0 saturated heterocycles. The summed E-state index contributed by atoms with van der Waals surface area (Å²) >= 11 is 0. The molecule has 1 aliphatic carbocycles. The summed E-state index contributed by atoms with van der Waals surface area (Å²) in [6.45, 7) is 0. The van der Waals surface area contributed by atoms with Crippen molar-refractivity contribution in [3.8, 4) is 45.4 Å². The van der Waals surface area contributed by atoms with Crippen LogP contribution in [-0.2, 0) is 6.42 Å². The number of para-hydroxylation sites is 3. The monoisotopic (exact) mass is 641 g/mol. The smallest absolute Gasteiger partial charge is 0.160 e. The largest absolute Gasteiger partial charge is 0.309 e. The Morgan fingerprint density at radius 2 is 1.10 bits per heavy atom. The van der Waals surface area contributed by atoms with Crippen LogP contribution in [0.5, 0.6) is 0 Å². The van der Waals surface area contributed by atoms with Crippen LogP contribution >= 0.6 is 0 Å². The maximum atomic E-state index is 5.25. The third kappa shape index (κ3) is 4.59. The fraction of sp³-hybridized carbons (Fsp3) is 0.0444. The van der Waals surface area contributed by atoms with Crippen LogP contribution in [0.3, 0.4) is 0 Å². The molecular formula is C45H31N5. The molecule has 0 N–H and O–H groups in total. The first-order chi connectivity index (χ1) is 24.8. The van der Waals surface area contributed by atoms with Crippen molar-refractivity contribution in [3.63, 3.8) is 0 Å². The van der Waals surface area contributed by atoms with E-state index in [2.05, 4.69) is 135 Å². The quantitative estimate of drug-likeness (QED) is 0.188. The van der Waals surface area contributed by atoms with Crippen molar-refractivity contribution in [3.05, 3.63) is 169 Å². The second-order valence-corrected chi connectivity index (χ2v) is 12.8. The number of hydrogen-bond acceptors (Lipinski definition) is 3. The van der Waals surface area contributed by atoms with E-state index in [0.717, 1.165) is 63.5 Å². The molecule has 5 heteroatoms. The van der Waals surface area contributed by atoms with Crippen LogP contribution < -0.4 is 0 Å². The summed E-state index contributed by atoms with van der Waals surface area (Å²) in [5.41, 5.74) is 12.7. The first-order valence-corrected chi connectivity index (χ1v) is 17.1. The van der Waals surface area contributed by atoms with E-state index in [9.17, 15) is 0 Å². The van der Waals surface area contributed by atoms with Crippen molar-refractivity contribution in [2.75, 3.05) is 0 Å². The molecule has 0 atom stereocenters. The van der Waals surface area contributed by atoms with Crippen LogP contribution in [0.25, 0.3) is 84.2 Å². The topological polar surface area (TPSA) is 48.5 Å². The molecule has 0 radical (unpaired) electrons. The van der Waals surface area contributed by atoms with E-state index in [0.29, 0.717) is 5.82 Å². The normalized spacial score (nSPS) is 12.6. The number of aryl methyl sites for hydroxylation is 1. The molecule has 10 rings (SSSR count). The van der Waals surface area contributed by atoms with Crippen LogP contribution in [0, 0.1) is 0 Å². The zero-order chi connectivity index (χ0) is 33.0. The lowest BCUT2D eigenvalue weighted by Gasteiger charge is -2.17. The second kappa shape index (κ2) is 11.5. The van der Waals surface area contributed by atoms with Crippen LogP contribution in [0.15, 0.2) is 158 Å². The maximum absolute atomic E-state index is 5.25. The lowest BCUT2D eigenvalue weighted by atomic mass is 10.0. The number of rotatable bonds is 5. The molecule has 0 amide bonds. The molecule has 236 valence electrons. The van der Waals surface area contributed by atoms with Crippen molar-refractivity contribution in [2.45, 2.75) is 12.8 Å². The van der Waals surface area contributed by atoms with Crippen LogP contribution in [-0.4, -0.2) is 24.1 Å². The molecule has 1 aliphatic rings. The highest BCUT2D eigenvalue weighted by Crippen LogP contribution is 2.39. The summed E-state index contributed by atoms with van der Waals surface area (Å²) in [5.74, 6) is 0.666. The predicted molar refractivity (Wildman–Crippen MR) is 205 cm³/mol. The maximum Gasteiger partial charge on any atom is 0.160 e. The molecule has 50 heavy (non-hydrogen) atoms. The third-order valence-electron chi connectivity index (χ3n) is 9.84. The van der Waals surface area contributed by atoms with E-state index in [4.69, 9.17) is 9.97 Å². The molecule has 5 nitrogen and oxygen atoms in total. The van der Waals surface area contributed by atoms with Crippen LogP contribution in [0.4, 0.5) is 0 Å². The number of fused-ring (bicyclic) bond motifs is 6. The number of allylic oxidation sites excluding steroid dienone is 1. The highest BCUT2D eigenvalue weighted by molar-refractivity contribution is 6.09. The Labute approximate surface area is 289 Å². The standard InChI is InChI=1S/C45H31N5/c1-2-14-30(15-3-1)45-47-39(29-40(48-45)38-20-12-13-25-46-38)31-26-32(49-41-21-8-4-16-34(41)35-17-5-9-22-42(35)49)28-33(27-31)50-43-23-10-6-18-36(43)37-19-7-11-24-44(37)50/h1-6,8-18,20-29H,7,19H2. The summed E-state index contributed by atoms with van der Waals surface area (Å²) in [6.07, 6.45) is 8.48. The van der Waals surface area contributed by atoms with E-state index < -0.39 is 0 Å². The van der Waals surface area contributed by atoms with Gasteiger partial charge in [0.2, 0.25) is 0 Å². The summed E-state index contributed by atoms with van der Waals surface area (Å²) in [7, 11) is 0. The highest BCUT2D eigenvalue weighted by atomic mass is 15.0. The number of hydrogen-bond donors (Lipinski definition) is 0. The van der Waals surface area contributed by atoms with Crippen molar-refractivity contribution in [1.29, 1.82) is 0 Å². The van der Waals surface area contributed by atoms with Gasteiger partial charge < -0.3 is 9.13 Å². The summed E-state index contributed by atoms with van der Waals surface area (Å²) in [5, 5.41) is 3.77. The zero-order valence-corrected chi connectivity index (χ0v) is 27.2. The molecule has 4 heterocycles. The second-order valence-electron chi connectivity index (χ2n) is 12.8. The Hall–Kier alpha value is -6.59. The Morgan fingerprint density at radius 1 is 0.480 bits per heavy atom. The molecule has 0 saturated carbocycles. The first-order valence-electron chi connectivity index (χ1n) is 17.1. The molecule has 5 aromatic carbocycles. The van der Waals surface area contributed by atoms with Gasteiger partial charge in [-0.15, -0.1) is 0 Å². The highest BCUT2D eigenvalue weighted by Gasteiger charge is 2.21. The third-order valence-corrected chi connectivity index (χ3v) is 9.84. The SMILES string of the molecule is C1=Cc2c(c3ccccc3n2-c2cc(-c3cc(-c4ccccn4)nc(-c4ccccc4)n3)cc(-n3c4ccccc4c4ccccc43)c2)CC1. The number of benzene rings is 5. The average molecular weight is 642 g/mol. The molecule has 0 spiro atoms. The Morgan fingerprint density at radius 3 is 1.82 bits per heavy atom. The predicted octanol–water partition coefficient (Wildman–Crippen LogP) is 10.9. The molecule has 0 fully saturated rings.